The number of halogens is 1. The van der Waals surface area contributed by atoms with Gasteiger partial charge in [-0.3, -0.25) is 0 Å². The number of methoxy groups -OCH3 is 1. The van der Waals surface area contributed by atoms with Crippen molar-refractivity contribution in [1.82, 2.24) is 10.6 Å². The molecule has 2 amide bonds. The summed E-state index contributed by atoms with van der Waals surface area (Å²) in [5.74, 6) is 1.26. The maximum atomic E-state index is 14.5. The molecule has 1 aromatic rings. The molecule has 2 rings (SSSR count). The lowest BCUT2D eigenvalue weighted by Gasteiger charge is -2.24. The first-order chi connectivity index (χ1) is 12.5. The fourth-order valence-electron chi connectivity index (χ4n) is 2.59. The molecule has 0 aromatic heterocycles. The van der Waals surface area contributed by atoms with Gasteiger partial charge in [0.15, 0.2) is 5.76 Å². The van der Waals surface area contributed by atoms with Crippen molar-refractivity contribution in [2.24, 2.45) is 0 Å². The maximum absolute atomic E-state index is 14.5. The number of hydrogen-bond acceptors (Lipinski definition) is 4. The number of nitrogens with two attached hydrogens (primary N) is 1. The zero-order valence-electron chi connectivity index (χ0n) is 15.3. The van der Waals surface area contributed by atoms with Crippen LogP contribution < -0.4 is 21.1 Å². The molecule has 26 heavy (non-hydrogen) atoms. The van der Waals surface area contributed by atoms with Crippen LogP contribution in [0.3, 0.4) is 0 Å². The molecule has 1 aromatic carbocycles. The highest BCUT2D eigenvalue weighted by Gasteiger charge is 2.27. The second kappa shape index (κ2) is 9.12. The predicted octanol–water partition coefficient (Wildman–Crippen LogP) is 3.62. The Labute approximate surface area is 153 Å². The number of urea groups is 1. The molecule has 1 aliphatic carbocycles. The number of ether oxygens (including phenoxy) is 2. The van der Waals surface area contributed by atoms with E-state index in [0.717, 1.165) is 12.8 Å². The molecule has 1 aliphatic rings. The molecule has 0 bridgehead atoms. The van der Waals surface area contributed by atoms with Crippen molar-refractivity contribution < 1.29 is 18.7 Å². The van der Waals surface area contributed by atoms with Gasteiger partial charge in [0, 0.05) is 24.2 Å². The lowest BCUT2D eigenvalue weighted by molar-refractivity contribution is 0.225. The predicted molar refractivity (Wildman–Crippen MR) is 99.2 cm³/mol. The fraction of sp³-hybridized carbons (Fsp3) is 0.421. The lowest BCUT2D eigenvalue weighted by Crippen LogP contribution is -2.43. The van der Waals surface area contributed by atoms with Crippen molar-refractivity contribution in [2.75, 3.05) is 12.8 Å². The van der Waals surface area contributed by atoms with E-state index in [1.54, 1.807) is 24.3 Å². The minimum absolute atomic E-state index is 0.0371. The van der Waals surface area contributed by atoms with Crippen LogP contribution in [0.1, 0.15) is 33.1 Å². The third-order valence-electron chi connectivity index (χ3n) is 4.18. The molecule has 0 aliphatic heterocycles. The third-order valence-corrected chi connectivity index (χ3v) is 4.18. The van der Waals surface area contributed by atoms with E-state index in [4.69, 9.17) is 15.2 Å². The molecule has 0 saturated carbocycles. The van der Waals surface area contributed by atoms with Gasteiger partial charge in [-0.2, -0.15) is 0 Å². The van der Waals surface area contributed by atoms with Crippen LogP contribution in [0.4, 0.5) is 14.9 Å². The molecule has 0 fully saturated rings. The normalized spacial score (nSPS) is 17.0. The van der Waals surface area contributed by atoms with Crippen LogP contribution in [-0.2, 0) is 4.74 Å². The first kappa shape index (κ1) is 19.6. The van der Waals surface area contributed by atoms with Gasteiger partial charge in [-0.1, -0.05) is 13.8 Å². The summed E-state index contributed by atoms with van der Waals surface area (Å²) in [6.45, 7) is 3.97. The molecule has 0 radical (unpaired) electrons. The standard InChI is InChI=1S/C19H26FN3O3/c1-4-13(5-2)22-19(24)23-16-11-17(25-3)18(10-15(16)20)26-14-8-6-12(21)7-9-14/h6-9,11,13,15H,4-5,10,21H2,1-3H3,(H2,22,23,24). The van der Waals surface area contributed by atoms with Gasteiger partial charge in [0.25, 0.3) is 0 Å². The van der Waals surface area contributed by atoms with E-state index in [-0.39, 0.29) is 18.2 Å². The van der Waals surface area contributed by atoms with Gasteiger partial charge >= 0.3 is 6.03 Å². The first-order valence-electron chi connectivity index (χ1n) is 8.70. The number of benzene rings is 1. The lowest BCUT2D eigenvalue weighted by atomic mass is 10.1. The number of carbonyl (C=O) groups is 1. The zero-order valence-corrected chi connectivity index (χ0v) is 15.3. The fourth-order valence-corrected chi connectivity index (χ4v) is 2.59. The number of allylic oxidation sites excluding steroid dienone is 3. The van der Waals surface area contributed by atoms with E-state index >= 15 is 0 Å². The van der Waals surface area contributed by atoms with Gasteiger partial charge in [0.05, 0.1) is 12.8 Å². The van der Waals surface area contributed by atoms with E-state index in [9.17, 15) is 9.18 Å². The SMILES string of the molecule is CCC(CC)NC(=O)NC1=CC(OC)=C(Oc2ccc(N)cc2)CC1F. The Bertz CT molecular complexity index is 682. The van der Waals surface area contributed by atoms with Gasteiger partial charge in [0.2, 0.25) is 0 Å². The molecule has 4 N–H and O–H groups in total. The largest absolute Gasteiger partial charge is 0.493 e. The Kier molecular flexibility index (Phi) is 6.89. The number of nitrogen functional groups attached to an aromatic ring is 1. The van der Waals surface area contributed by atoms with E-state index in [2.05, 4.69) is 10.6 Å². The average Bonchev–Trinajstić information content (AvgIpc) is 2.63. The Morgan fingerprint density at radius 1 is 1.31 bits per heavy atom. The number of rotatable bonds is 7. The van der Waals surface area contributed by atoms with Gasteiger partial charge in [-0.25, -0.2) is 9.18 Å². The highest BCUT2D eigenvalue weighted by atomic mass is 19.1. The minimum Gasteiger partial charge on any atom is -0.493 e. The van der Waals surface area contributed by atoms with Crippen molar-refractivity contribution in [3.8, 4) is 5.75 Å². The molecule has 1 unspecified atom stereocenters. The summed E-state index contributed by atoms with van der Waals surface area (Å²) in [7, 11) is 1.47. The van der Waals surface area contributed by atoms with Crippen LogP contribution in [0.5, 0.6) is 5.75 Å². The summed E-state index contributed by atoms with van der Waals surface area (Å²) in [5.41, 5.74) is 6.41. The third kappa shape index (κ3) is 5.15. The molecule has 0 saturated heterocycles. The summed E-state index contributed by atoms with van der Waals surface area (Å²) in [6.07, 6.45) is 1.64. The Balaban J connectivity index is 2.11. The first-order valence-corrected chi connectivity index (χ1v) is 8.70. The summed E-state index contributed by atoms with van der Waals surface area (Å²) in [5, 5.41) is 5.39. The number of anilines is 1. The highest BCUT2D eigenvalue weighted by Crippen LogP contribution is 2.28. The van der Waals surface area contributed by atoms with Crippen LogP contribution in [0.2, 0.25) is 0 Å². The zero-order chi connectivity index (χ0) is 19.1. The monoisotopic (exact) mass is 363 g/mol. The molecule has 6 nitrogen and oxygen atoms in total. The Morgan fingerprint density at radius 2 is 1.96 bits per heavy atom. The van der Waals surface area contributed by atoms with Crippen LogP contribution >= 0.6 is 0 Å². The molecule has 0 heterocycles. The second-order valence-electron chi connectivity index (χ2n) is 6.05. The minimum atomic E-state index is -1.40. The highest BCUT2D eigenvalue weighted by molar-refractivity contribution is 5.76. The average molecular weight is 363 g/mol. The van der Waals surface area contributed by atoms with Crippen molar-refractivity contribution in [2.45, 2.75) is 45.3 Å². The molecule has 7 heteroatoms. The molecular formula is C19H26FN3O3. The smallest absolute Gasteiger partial charge is 0.319 e. The van der Waals surface area contributed by atoms with Crippen LogP contribution in [0, 0.1) is 0 Å². The Hall–Kier alpha value is -2.70. The van der Waals surface area contributed by atoms with Crippen molar-refractivity contribution in [1.29, 1.82) is 0 Å². The van der Waals surface area contributed by atoms with Crippen LogP contribution in [-0.4, -0.2) is 25.4 Å². The van der Waals surface area contributed by atoms with Crippen molar-refractivity contribution in [3.63, 3.8) is 0 Å². The van der Waals surface area contributed by atoms with E-state index in [1.807, 2.05) is 13.8 Å². The topological polar surface area (TPSA) is 85.6 Å². The van der Waals surface area contributed by atoms with Gasteiger partial charge in [-0.15, -0.1) is 0 Å². The number of amides is 2. The number of nitrogens with one attached hydrogen (secondary N) is 2. The number of alkyl halides is 1. The molecule has 1 atom stereocenters. The van der Waals surface area contributed by atoms with Crippen molar-refractivity contribution in [3.05, 3.63) is 47.6 Å². The summed E-state index contributed by atoms with van der Waals surface area (Å²) < 4.78 is 25.6. The van der Waals surface area contributed by atoms with Gasteiger partial charge in [0.1, 0.15) is 17.7 Å². The number of hydrogen-bond donors (Lipinski definition) is 3. The summed E-state index contributed by atoms with van der Waals surface area (Å²) in [4.78, 5) is 12.1. The van der Waals surface area contributed by atoms with Crippen molar-refractivity contribution >= 4 is 11.7 Å². The van der Waals surface area contributed by atoms with E-state index < -0.39 is 12.2 Å². The molecular weight excluding hydrogens is 337 g/mol. The van der Waals surface area contributed by atoms with Crippen LogP contribution in [0.15, 0.2) is 47.6 Å². The Morgan fingerprint density at radius 3 is 2.54 bits per heavy atom. The van der Waals surface area contributed by atoms with E-state index in [0.29, 0.717) is 23.0 Å². The van der Waals surface area contributed by atoms with Crippen LogP contribution in [0.25, 0.3) is 0 Å². The second-order valence-corrected chi connectivity index (χ2v) is 6.05. The summed E-state index contributed by atoms with van der Waals surface area (Å²) >= 11 is 0. The van der Waals surface area contributed by atoms with Gasteiger partial charge < -0.3 is 25.8 Å². The summed E-state index contributed by atoms with van der Waals surface area (Å²) in [6, 6.07) is 6.42. The molecule has 142 valence electrons. The van der Waals surface area contributed by atoms with Gasteiger partial charge in [-0.05, 0) is 37.1 Å². The quantitative estimate of drug-likeness (QED) is 0.646. The maximum Gasteiger partial charge on any atom is 0.319 e. The van der Waals surface area contributed by atoms with E-state index in [1.165, 1.54) is 13.2 Å². The number of carbonyl (C=O) groups excluding carboxylic acids is 1. The molecule has 0 spiro atoms.